The highest BCUT2D eigenvalue weighted by atomic mass is 16.5. The van der Waals surface area contributed by atoms with E-state index >= 15 is 0 Å². The number of benzene rings is 1. The molecule has 1 aromatic carbocycles. The molecule has 110 valence electrons. The fourth-order valence-electron chi connectivity index (χ4n) is 2.61. The summed E-state index contributed by atoms with van der Waals surface area (Å²) in [6, 6.07) is 8.19. The van der Waals surface area contributed by atoms with Crippen molar-refractivity contribution in [1.82, 2.24) is 10.6 Å². The van der Waals surface area contributed by atoms with Gasteiger partial charge in [-0.3, -0.25) is 4.79 Å². The number of fused-ring (bicyclic) bond motifs is 1. The smallest absolute Gasteiger partial charge is 0.228 e. The predicted molar refractivity (Wildman–Crippen MR) is 79.6 cm³/mol. The minimum Gasteiger partial charge on any atom is -0.385 e. The van der Waals surface area contributed by atoms with Gasteiger partial charge in [0.2, 0.25) is 5.91 Å². The van der Waals surface area contributed by atoms with Crippen LogP contribution in [0.1, 0.15) is 36.3 Å². The number of nitrogens with one attached hydrogen (secondary N) is 2. The van der Waals surface area contributed by atoms with Gasteiger partial charge in [0.05, 0.1) is 5.92 Å². The average Bonchev–Trinajstić information content (AvgIpc) is 2.50. The van der Waals surface area contributed by atoms with Gasteiger partial charge in [0, 0.05) is 33.4 Å². The molecule has 2 N–H and O–H groups in total. The summed E-state index contributed by atoms with van der Waals surface area (Å²) >= 11 is 0. The third-order valence-corrected chi connectivity index (χ3v) is 3.74. The standard InChI is InChI=1S/C16H24N2O2/c1-20-10-6-2-5-9-18-16(19)15-12-17-11-13-7-3-4-8-14(13)15/h3-4,7-8,15,17H,2,5-6,9-12H2,1H3,(H,18,19). The maximum atomic E-state index is 12.3. The Labute approximate surface area is 120 Å². The van der Waals surface area contributed by atoms with Gasteiger partial charge in [0.25, 0.3) is 0 Å². The van der Waals surface area contributed by atoms with E-state index < -0.39 is 0 Å². The van der Waals surface area contributed by atoms with E-state index in [9.17, 15) is 4.79 Å². The highest BCUT2D eigenvalue weighted by Gasteiger charge is 2.25. The van der Waals surface area contributed by atoms with E-state index in [2.05, 4.69) is 22.8 Å². The zero-order valence-corrected chi connectivity index (χ0v) is 12.2. The van der Waals surface area contributed by atoms with Crippen LogP contribution in [-0.4, -0.2) is 32.7 Å². The van der Waals surface area contributed by atoms with Gasteiger partial charge in [-0.1, -0.05) is 24.3 Å². The van der Waals surface area contributed by atoms with E-state index in [0.717, 1.165) is 45.5 Å². The summed E-state index contributed by atoms with van der Waals surface area (Å²) in [6.45, 7) is 3.14. The molecular formula is C16H24N2O2. The van der Waals surface area contributed by atoms with Gasteiger partial charge >= 0.3 is 0 Å². The first kappa shape index (κ1) is 15.0. The zero-order valence-electron chi connectivity index (χ0n) is 12.2. The van der Waals surface area contributed by atoms with E-state index in [4.69, 9.17) is 4.74 Å². The fourth-order valence-corrected chi connectivity index (χ4v) is 2.61. The molecule has 0 saturated heterocycles. The van der Waals surface area contributed by atoms with Crippen molar-refractivity contribution in [2.45, 2.75) is 31.7 Å². The Bertz CT molecular complexity index is 434. The van der Waals surface area contributed by atoms with Crippen LogP contribution in [0.3, 0.4) is 0 Å². The summed E-state index contributed by atoms with van der Waals surface area (Å²) < 4.78 is 5.01. The molecule has 2 rings (SSSR count). The van der Waals surface area contributed by atoms with Crippen molar-refractivity contribution in [2.75, 3.05) is 26.8 Å². The summed E-state index contributed by atoms with van der Waals surface area (Å²) in [4.78, 5) is 12.3. The van der Waals surface area contributed by atoms with Crippen LogP contribution in [-0.2, 0) is 16.1 Å². The Kier molecular flexibility index (Phi) is 6.02. The van der Waals surface area contributed by atoms with E-state index in [0.29, 0.717) is 0 Å². The lowest BCUT2D eigenvalue weighted by atomic mass is 9.90. The van der Waals surface area contributed by atoms with E-state index in [1.807, 2.05) is 12.1 Å². The molecule has 1 unspecified atom stereocenters. The van der Waals surface area contributed by atoms with Crippen molar-refractivity contribution in [1.29, 1.82) is 0 Å². The molecule has 1 amide bonds. The number of unbranched alkanes of at least 4 members (excludes halogenated alkanes) is 2. The second-order valence-electron chi connectivity index (χ2n) is 5.23. The summed E-state index contributed by atoms with van der Waals surface area (Å²) in [6.07, 6.45) is 3.16. The SMILES string of the molecule is COCCCCCNC(=O)C1CNCc2ccccc21. The molecule has 0 spiro atoms. The monoisotopic (exact) mass is 276 g/mol. The quantitative estimate of drug-likeness (QED) is 0.747. The van der Waals surface area contributed by atoms with Gasteiger partial charge in [-0.25, -0.2) is 0 Å². The summed E-state index contributed by atoms with van der Waals surface area (Å²) in [7, 11) is 1.72. The van der Waals surface area contributed by atoms with Crippen LogP contribution in [0.4, 0.5) is 0 Å². The third-order valence-electron chi connectivity index (χ3n) is 3.74. The summed E-state index contributed by atoms with van der Waals surface area (Å²) in [5, 5.41) is 6.36. The molecule has 1 aliphatic heterocycles. The molecule has 1 aliphatic rings. The molecule has 0 bridgehead atoms. The Morgan fingerprint density at radius 2 is 2.20 bits per heavy atom. The van der Waals surface area contributed by atoms with Crippen molar-refractivity contribution in [2.24, 2.45) is 0 Å². The number of amides is 1. The zero-order chi connectivity index (χ0) is 14.2. The molecular weight excluding hydrogens is 252 g/mol. The number of rotatable bonds is 7. The van der Waals surface area contributed by atoms with Crippen LogP contribution in [0.5, 0.6) is 0 Å². The Balaban J connectivity index is 1.79. The predicted octanol–water partition coefficient (Wildman–Crippen LogP) is 1.81. The Morgan fingerprint density at radius 1 is 1.35 bits per heavy atom. The van der Waals surface area contributed by atoms with Gasteiger partial charge in [-0.15, -0.1) is 0 Å². The van der Waals surface area contributed by atoms with Crippen molar-refractivity contribution in [3.63, 3.8) is 0 Å². The number of carbonyl (C=O) groups excluding carboxylic acids is 1. The van der Waals surface area contributed by atoms with Crippen LogP contribution in [0.25, 0.3) is 0 Å². The highest BCUT2D eigenvalue weighted by molar-refractivity contribution is 5.84. The fraction of sp³-hybridized carbons (Fsp3) is 0.562. The molecule has 0 fully saturated rings. The average molecular weight is 276 g/mol. The van der Waals surface area contributed by atoms with Crippen molar-refractivity contribution >= 4 is 5.91 Å². The molecule has 0 saturated carbocycles. The topological polar surface area (TPSA) is 50.4 Å². The minimum atomic E-state index is -0.0566. The molecule has 4 nitrogen and oxygen atoms in total. The molecule has 0 radical (unpaired) electrons. The van der Waals surface area contributed by atoms with E-state index in [-0.39, 0.29) is 11.8 Å². The van der Waals surface area contributed by atoms with Gasteiger partial charge in [0.15, 0.2) is 0 Å². The second-order valence-corrected chi connectivity index (χ2v) is 5.23. The van der Waals surface area contributed by atoms with Gasteiger partial charge in [0.1, 0.15) is 0 Å². The number of methoxy groups -OCH3 is 1. The van der Waals surface area contributed by atoms with Crippen LogP contribution < -0.4 is 10.6 Å². The maximum Gasteiger partial charge on any atom is 0.228 e. The molecule has 0 aromatic heterocycles. The minimum absolute atomic E-state index is 0.0566. The number of ether oxygens (including phenoxy) is 1. The Morgan fingerprint density at radius 3 is 3.05 bits per heavy atom. The molecule has 1 atom stereocenters. The van der Waals surface area contributed by atoms with E-state index in [1.54, 1.807) is 7.11 Å². The highest BCUT2D eigenvalue weighted by Crippen LogP contribution is 2.23. The maximum absolute atomic E-state index is 12.3. The number of hydrogen-bond donors (Lipinski definition) is 2. The van der Waals surface area contributed by atoms with Crippen LogP contribution in [0, 0.1) is 0 Å². The number of carbonyl (C=O) groups is 1. The molecule has 1 aromatic rings. The van der Waals surface area contributed by atoms with E-state index in [1.165, 1.54) is 11.1 Å². The summed E-state index contributed by atoms with van der Waals surface area (Å²) in [5.74, 6) is 0.0790. The van der Waals surface area contributed by atoms with Gasteiger partial charge in [-0.2, -0.15) is 0 Å². The first-order valence-corrected chi connectivity index (χ1v) is 7.38. The number of hydrogen-bond acceptors (Lipinski definition) is 3. The van der Waals surface area contributed by atoms with Crippen molar-refractivity contribution in [3.05, 3.63) is 35.4 Å². The first-order chi connectivity index (χ1) is 9.83. The molecule has 4 heteroatoms. The third kappa shape index (κ3) is 4.05. The van der Waals surface area contributed by atoms with Gasteiger partial charge < -0.3 is 15.4 Å². The lowest BCUT2D eigenvalue weighted by molar-refractivity contribution is -0.122. The Hall–Kier alpha value is -1.39. The second kappa shape index (κ2) is 8.02. The lowest BCUT2D eigenvalue weighted by Gasteiger charge is -2.25. The van der Waals surface area contributed by atoms with Gasteiger partial charge in [-0.05, 0) is 30.4 Å². The largest absolute Gasteiger partial charge is 0.385 e. The first-order valence-electron chi connectivity index (χ1n) is 7.38. The molecule has 20 heavy (non-hydrogen) atoms. The van der Waals surface area contributed by atoms with Crippen molar-refractivity contribution < 1.29 is 9.53 Å². The molecule has 0 aliphatic carbocycles. The van der Waals surface area contributed by atoms with Crippen molar-refractivity contribution in [3.8, 4) is 0 Å². The molecule has 1 heterocycles. The van der Waals surface area contributed by atoms with Crippen LogP contribution >= 0.6 is 0 Å². The normalized spacial score (nSPS) is 17.6. The lowest BCUT2D eigenvalue weighted by Crippen LogP contribution is -2.39. The van der Waals surface area contributed by atoms with Crippen LogP contribution in [0.15, 0.2) is 24.3 Å². The van der Waals surface area contributed by atoms with Crippen LogP contribution in [0.2, 0.25) is 0 Å². The summed E-state index contributed by atoms with van der Waals surface area (Å²) in [5.41, 5.74) is 2.40.